The Balaban J connectivity index is 3.35. The molecular formula is C7H5ClF2INO. The number of hydrogen-bond donors (Lipinski definition) is 1. The summed E-state index contributed by atoms with van der Waals surface area (Å²) in [4.78, 5) is 3.66. The molecule has 0 atom stereocenters. The average Bonchev–Trinajstić information content (AvgIpc) is 2.07. The predicted molar refractivity (Wildman–Crippen MR) is 52.8 cm³/mol. The third kappa shape index (κ3) is 2.26. The summed E-state index contributed by atoms with van der Waals surface area (Å²) in [7, 11) is 0. The maximum atomic E-state index is 12.5. The first-order valence-electron chi connectivity index (χ1n) is 3.29. The van der Waals surface area contributed by atoms with Crippen LogP contribution in [0, 0.1) is 3.57 Å². The number of aromatic nitrogens is 1. The van der Waals surface area contributed by atoms with Crippen molar-refractivity contribution in [2.75, 3.05) is 0 Å². The molecule has 0 unspecified atom stereocenters. The molecule has 0 amide bonds. The van der Waals surface area contributed by atoms with Crippen molar-refractivity contribution < 1.29 is 13.9 Å². The van der Waals surface area contributed by atoms with Gasteiger partial charge in [-0.1, -0.05) is 11.6 Å². The van der Waals surface area contributed by atoms with Crippen molar-refractivity contribution in [2.24, 2.45) is 0 Å². The van der Waals surface area contributed by atoms with Gasteiger partial charge in [0, 0.05) is 20.9 Å². The van der Waals surface area contributed by atoms with Crippen molar-refractivity contribution in [3.63, 3.8) is 0 Å². The highest BCUT2D eigenvalue weighted by molar-refractivity contribution is 14.1. The van der Waals surface area contributed by atoms with Crippen molar-refractivity contribution in [3.8, 4) is 0 Å². The normalized spacial score (nSPS) is 10.9. The Hall–Kier alpha value is -0.0100. The predicted octanol–water partition coefficient (Wildman–Crippen LogP) is 2.77. The van der Waals surface area contributed by atoms with Crippen LogP contribution in [0.3, 0.4) is 0 Å². The highest BCUT2D eigenvalue weighted by Gasteiger charge is 2.19. The van der Waals surface area contributed by atoms with Gasteiger partial charge >= 0.3 is 0 Å². The molecule has 0 aliphatic heterocycles. The van der Waals surface area contributed by atoms with Crippen LogP contribution in [0.1, 0.15) is 17.6 Å². The smallest absolute Gasteiger partial charge is 0.265 e. The minimum absolute atomic E-state index is 0.00330. The molecular weight excluding hydrogens is 314 g/mol. The lowest BCUT2D eigenvalue weighted by molar-refractivity contribution is 0.146. The standard InChI is InChI=1S/C7H5ClF2INO/c8-6-3(2-13)5(7(9)10)4(11)1-12-6/h1,7,13H,2H2. The molecule has 0 aliphatic carbocycles. The van der Waals surface area contributed by atoms with Crippen LogP contribution in [0.2, 0.25) is 5.15 Å². The van der Waals surface area contributed by atoms with Gasteiger partial charge in [0.05, 0.1) is 6.61 Å². The lowest BCUT2D eigenvalue weighted by Gasteiger charge is -2.09. The van der Waals surface area contributed by atoms with E-state index in [1.807, 2.05) is 0 Å². The van der Waals surface area contributed by atoms with Gasteiger partial charge in [-0.3, -0.25) is 0 Å². The molecule has 6 heteroatoms. The molecule has 0 saturated heterocycles. The van der Waals surface area contributed by atoms with Crippen LogP contribution in [0.25, 0.3) is 0 Å². The Bertz CT molecular complexity index is 322. The van der Waals surface area contributed by atoms with Gasteiger partial charge in [-0.05, 0) is 22.6 Å². The van der Waals surface area contributed by atoms with Crippen LogP contribution in [-0.4, -0.2) is 10.1 Å². The van der Waals surface area contributed by atoms with Crippen molar-refractivity contribution in [1.82, 2.24) is 4.98 Å². The van der Waals surface area contributed by atoms with Gasteiger partial charge in [0.2, 0.25) is 0 Å². The molecule has 0 bridgehead atoms. The van der Waals surface area contributed by atoms with E-state index in [0.29, 0.717) is 3.57 Å². The summed E-state index contributed by atoms with van der Waals surface area (Å²) in [6.07, 6.45) is -1.39. The summed E-state index contributed by atoms with van der Waals surface area (Å²) in [6, 6.07) is 0. The number of halogens is 4. The molecule has 0 spiro atoms. The van der Waals surface area contributed by atoms with E-state index in [4.69, 9.17) is 16.7 Å². The van der Waals surface area contributed by atoms with E-state index < -0.39 is 13.0 Å². The fourth-order valence-corrected chi connectivity index (χ4v) is 1.81. The van der Waals surface area contributed by atoms with Crippen LogP contribution in [0.15, 0.2) is 6.20 Å². The number of nitrogens with zero attached hydrogens (tertiary/aromatic N) is 1. The number of aliphatic hydroxyl groups excluding tert-OH is 1. The summed E-state index contributed by atoms with van der Waals surface area (Å²) in [5.41, 5.74) is -0.230. The number of pyridine rings is 1. The summed E-state index contributed by atoms with van der Waals surface area (Å²) in [5, 5.41) is 8.74. The van der Waals surface area contributed by atoms with Gasteiger partial charge < -0.3 is 5.11 Å². The van der Waals surface area contributed by atoms with E-state index >= 15 is 0 Å². The van der Waals surface area contributed by atoms with Gasteiger partial charge in [-0.15, -0.1) is 0 Å². The van der Waals surface area contributed by atoms with Gasteiger partial charge in [-0.2, -0.15) is 0 Å². The Morgan fingerprint density at radius 1 is 1.62 bits per heavy atom. The number of aliphatic hydroxyl groups is 1. The highest BCUT2D eigenvalue weighted by atomic mass is 127. The first-order valence-corrected chi connectivity index (χ1v) is 4.75. The van der Waals surface area contributed by atoms with E-state index in [1.165, 1.54) is 6.20 Å². The molecule has 13 heavy (non-hydrogen) atoms. The lowest BCUT2D eigenvalue weighted by Crippen LogP contribution is -2.01. The molecule has 72 valence electrons. The largest absolute Gasteiger partial charge is 0.392 e. The van der Waals surface area contributed by atoms with Gasteiger partial charge in [0.1, 0.15) is 5.15 Å². The molecule has 0 radical (unpaired) electrons. The van der Waals surface area contributed by atoms with Gasteiger partial charge in [0.25, 0.3) is 6.43 Å². The van der Waals surface area contributed by atoms with E-state index in [2.05, 4.69) is 4.98 Å². The summed E-state index contributed by atoms with van der Waals surface area (Å²) < 4.78 is 25.2. The van der Waals surface area contributed by atoms with Crippen molar-refractivity contribution >= 4 is 34.2 Å². The minimum Gasteiger partial charge on any atom is -0.392 e. The quantitative estimate of drug-likeness (QED) is 0.672. The molecule has 1 N–H and O–H groups in total. The molecule has 0 aliphatic rings. The Morgan fingerprint density at radius 3 is 2.62 bits per heavy atom. The second-order valence-electron chi connectivity index (χ2n) is 2.25. The highest BCUT2D eigenvalue weighted by Crippen LogP contribution is 2.30. The van der Waals surface area contributed by atoms with Crippen LogP contribution < -0.4 is 0 Å². The molecule has 1 aromatic heterocycles. The number of hydrogen-bond acceptors (Lipinski definition) is 2. The number of rotatable bonds is 2. The third-order valence-electron chi connectivity index (χ3n) is 1.50. The van der Waals surface area contributed by atoms with Crippen molar-refractivity contribution in [1.29, 1.82) is 0 Å². The van der Waals surface area contributed by atoms with Gasteiger partial charge in [0.15, 0.2) is 0 Å². The van der Waals surface area contributed by atoms with Crippen LogP contribution in [0.4, 0.5) is 8.78 Å². The maximum Gasteiger partial charge on any atom is 0.265 e. The van der Waals surface area contributed by atoms with Crippen LogP contribution in [-0.2, 0) is 6.61 Å². The zero-order chi connectivity index (χ0) is 10.0. The second kappa shape index (κ2) is 4.47. The van der Waals surface area contributed by atoms with E-state index in [-0.39, 0.29) is 16.3 Å². The zero-order valence-corrected chi connectivity index (χ0v) is 9.18. The van der Waals surface area contributed by atoms with E-state index in [9.17, 15) is 8.78 Å². The molecule has 0 fully saturated rings. The SMILES string of the molecule is OCc1c(Cl)ncc(I)c1C(F)F. The Morgan fingerprint density at radius 2 is 2.23 bits per heavy atom. The number of alkyl halides is 2. The summed E-state index contributed by atoms with van der Waals surface area (Å²) in [5.74, 6) is 0. The van der Waals surface area contributed by atoms with Crippen LogP contribution >= 0.6 is 34.2 Å². The first kappa shape index (κ1) is 11.1. The van der Waals surface area contributed by atoms with E-state index in [0.717, 1.165) is 0 Å². The third-order valence-corrected chi connectivity index (χ3v) is 2.68. The summed E-state index contributed by atoms with van der Waals surface area (Å²) in [6.45, 7) is -0.525. The van der Waals surface area contributed by atoms with Crippen molar-refractivity contribution in [2.45, 2.75) is 13.0 Å². The zero-order valence-electron chi connectivity index (χ0n) is 6.27. The molecule has 1 rings (SSSR count). The average molecular weight is 319 g/mol. The topological polar surface area (TPSA) is 33.1 Å². The maximum absolute atomic E-state index is 12.5. The Kier molecular flexibility index (Phi) is 3.81. The first-order chi connectivity index (χ1) is 6.07. The fourth-order valence-electron chi connectivity index (χ4n) is 0.902. The summed E-state index contributed by atoms with van der Waals surface area (Å²) >= 11 is 7.27. The molecule has 2 nitrogen and oxygen atoms in total. The monoisotopic (exact) mass is 319 g/mol. The lowest BCUT2D eigenvalue weighted by atomic mass is 10.1. The van der Waals surface area contributed by atoms with Gasteiger partial charge in [-0.25, -0.2) is 13.8 Å². The Labute approximate surface area is 92.1 Å². The minimum atomic E-state index is -2.64. The second-order valence-corrected chi connectivity index (χ2v) is 3.77. The molecule has 0 saturated carbocycles. The van der Waals surface area contributed by atoms with Crippen molar-refractivity contribution in [3.05, 3.63) is 26.0 Å². The molecule has 0 aromatic carbocycles. The fraction of sp³-hybridized carbons (Fsp3) is 0.286. The van der Waals surface area contributed by atoms with Crippen LogP contribution in [0.5, 0.6) is 0 Å². The molecule has 1 aromatic rings. The molecule has 1 heterocycles. The van der Waals surface area contributed by atoms with E-state index in [1.54, 1.807) is 22.6 Å².